The predicted octanol–water partition coefficient (Wildman–Crippen LogP) is 5.75. The smallest absolute Gasteiger partial charge is 0.0576 e. The molecule has 0 saturated heterocycles. The molecule has 26 heavy (non-hydrogen) atoms. The molecule has 8 atom stereocenters. The van der Waals surface area contributed by atoms with Crippen molar-refractivity contribution in [3.05, 3.63) is 0 Å². The fourth-order valence-electron chi connectivity index (χ4n) is 5.26. The van der Waals surface area contributed by atoms with Gasteiger partial charge in [0.2, 0.25) is 0 Å². The Balaban J connectivity index is 2.13. The van der Waals surface area contributed by atoms with E-state index < -0.39 is 0 Å². The second kappa shape index (κ2) is 8.33. The van der Waals surface area contributed by atoms with E-state index in [1.54, 1.807) is 0 Å². The maximum Gasteiger partial charge on any atom is 0.0576 e. The first-order valence-electron chi connectivity index (χ1n) is 10.8. The lowest BCUT2D eigenvalue weighted by molar-refractivity contribution is -0.00297. The van der Waals surface area contributed by atoms with Crippen molar-refractivity contribution in [3.63, 3.8) is 0 Å². The first-order valence-corrected chi connectivity index (χ1v) is 11.8. The van der Waals surface area contributed by atoms with Crippen LogP contribution < -0.4 is 0 Å². The molecule has 0 bridgehead atoms. The molecule has 0 radical (unpaired) electrons. The Kier molecular flexibility index (Phi) is 7.23. The number of hydrogen-bond acceptors (Lipinski definition) is 3. The second-order valence-electron chi connectivity index (χ2n) is 11.5. The summed E-state index contributed by atoms with van der Waals surface area (Å²) in [5, 5.41) is 22.6. The Morgan fingerprint density at radius 3 is 1.62 bits per heavy atom. The molecule has 3 heteroatoms. The summed E-state index contributed by atoms with van der Waals surface area (Å²) in [7, 11) is 0. The van der Waals surface area contributed by atoms with Crippen LogP contribution in [0.25, 0.3) is 0 Å². The van der Waals surface area contributed by atoms with Crippen molar-refractivity contribution in [3.8, 4) is 0 Å². The van der Waals surface area contributed by atoms with E-state index in [1.165, 1.54) is 0 Å². The van der Waals surface area contributed by atoms with Gasteiger partial charge in [-0.2, -0.15) is 11.8 Å². The fraction of sp³-hybridized carbons (Fsp3) is 1.00. The molecule has 2 rings (SSSR count). The summed E-state index contributed by atoms with van der Waals surface area (Å²) in [6, 6.07) is 0. The molecule has 2 saturated carbocycles. The third kappa shape index (κ3) is 5.41. The van der Waals surface area contributed by atoms with Crippen LogP contribution in [0.2, 0.25) is 0 Å². The van der Waals surface area contributed by atoms with Crippen LogP contribution in [0.1, 0.15) is 87.5 Å². The first kappa shape index (κ1) is 22.6. The predicted molar refractivity (Wildman–Crippen MR) is 114 cm³/mol. The summed E-state index contributed by atoms with van der Waals surface area (Å²) in [5.41, 5.74) is 0.322. The normalized spacial score (nSPS) is 43.2. The fourth-order valence-corrected chi connectivity index (χ4v) is 7.13. The van der Waals surface area contributed by atoms with E-state index in [2.05, 4.69) is 67.2 Å². The van der Waals surface area contributed by atoms with E-state index >= 15 is 0 Å². The van der Waals surface area contributed by atoms with Crippen molar-refractivity contribution in [2.24, 2.45) is 34.5 Å². The van der Waals surface area contributed by atoms with Gasteiger partial charge in [-0.15, -0.1) is 0 Å². The third-order valence-corrected chi connectivity index (χ3v) is 9.29. The maximum absolute atomic E-state index is 10.7. The highest BCUT2D eigenvalue weighted by molar-refractivity contribution is 8.00. The third-order valence-electron chi connectivity index (χ3n) is 7.28. The topological polar surface area (TPSA) is 40.5 Å². The van der Waals surface area contributed by atoms with Gasteiger partial charge < -0.3 is 10.2 Å². The molecule has 0 aromatic rings. The van der Waals surface area contributed by atoms with Crippen molar-refractivity contribution in [2.45, 2.75) is 110 Å². The van der Waals surface area contributed by atoms with Crippen LogP contribution in [0, 0.1) is 34.5 Å². The highest BCUT2D eigenvalue weighted by Gasteiger charge is 2.43. The van der Waals surface area contributed by atoms with Gasteiger partial charge in [-0.1, -0.05) is 55.4 Å². The average Bonchev–Trinajstić information content (AvgIpc) is 2.61. The van der Waals surface area contributed by atoms with Crippen LogP contribution in [0.15, 0.2) is 0 Å². The minimum absolute atomic E-state index is 0.155. The van der Waals surface area contributed by atoms with Crippen molar-refractivity contribution in [1.29, 1.82) is 0 Å². The van der Waals surface area contributed by atoms with Crippen molar-refractivity contribution in [1.82, 2.24) is 0 Å². The van der Waals surface area contributed by atoms with Gasteiger partial charge in [-0.3, -0.25) is 0 Å². The molecule has 0 spiro atoms. The molecule has 0 aromatic heterocycles. The van der Waals surface area contributed by atoms with Crippen LogP contribution >= 0.6 is 11.8 Å². The molecule has 2 aliphatic rings. The van der Waals surface area contributed by atoms with Crippen LogP contribution in [0.3, 0.4) is 0 Å². The molecule has 0 heterocycles. The van der Waals surface area contributed by atoms with Gasteiger partial charge in [0.1, 0.15) is 0 Å². The molecule has 154 valence electrons. The zero-order valence-electron chi connectivity index (χ0n) is 18.5. The van der Waals surface area contributed by atoms with Gasteiger partial charge >= 0.3 is 0 Å². The van der Waals surface area contributed by atoms with E-state index in [9.17, 15) is 10.2 Å². The maximum atomic E-state index is 10.7. The molecule has 2 N–H and O–H groups in total. The van der Waals surface area contributed by atoms with Crippen LogP contribution in [0.5, 0.6) is 0 Å². The van der Waals surface area contributed by atoms with Gasteiger partial charge in [0.05, 0.1) is 12.2 Å². The van der Waals surface area contributed by atoms with E-state index in [0.29, 0.717) is 34.2 Å². The Morgan fingerprint density at radius 2 is 1.12 bits per heavy atom. The second-order valence-corrected chi connectivity index (χ2v) is 13.0. The van der Waals surface area contributed by atoms with Crippen LogP contribution in [0.4, 0.5) is 0 Å². The van der Waals surface area contributed by atoms with Gasteiger partial charge in [-0.05, 0) is 66.6 Å². The lowest BCUT2D eigenvalue weighted by atomic mass is 9.68. The summed E-state index contributed by atoms with van der Waals surface area (Å²) in [5.74, 6) is 2.00. The van der Waals surface area contributed by atoms with Gasteiger partial charge in [0.15, 0.2) is 0 Å². The highest BCUT2D eigenvalue weighted by Crippen LogP contribution is 2.49. The monoisotopic (exact) mass is 384 g/mol. The molecule has 0 aromatic carbocycles. The number of rotatable bonds is 2. The molecule has 2 aliphatic carbocycles. The highest BCUT2D eigenvalue weighted by atomic mass is 32.2. The van der Waals surface area contributed by atoms with Gasteiger partial charge in [0.25, 0.3) is 0 Å². The summed E-state index contributed by atoms with van der Waals surface area (Å²) < 4.78 is 0. The largest absolute Gasteiger partial charge is 0.393 e. The standard InChI is InChI=1S/C23H44O2S/c1-14-9-10-18(24)16(22(3,4)5)12-20(14)26-21-13-17(23(6,7)8)19(25)11-15(21)2/h14-21,24-25H,9-13H2,1-8H3. The summed E-state index contributed by atoms with van der Waals surface area (Å²) in [6.45, 7) is 18.4. The molecule has 2 fully saturated rings. The van der Waals surface area contributed by atoms with Crippen LogP contribution in [-0.2, 0) is 0 Å². The Hall–Kier alpha value is 0.270. The Morgan fingerprint density at radius 1 is 0.654 bits per heavy atom. The van der Waals surface area contributed by atoms with Crippen molar-refractivity contribution < 1.29 is 10.2 Å². The average molecular weight is 385 g/mol. The first-order chi connectivity index (χ1) is 11.8. The quantitative estimate of drug-likeness (QED) is 0.595. The number of hydrogen-bond donors (Lipinski definition) is 2. The SMILES string of the molecule is CC1CCC(O)C(C(C)(C)C)CC1SC1CC(C(C)(C)C)C(O)CC1C. The molecular weight excluding hydrogens is 340 g/mol. The van der Waals surface area contributed by atoms with Gasteiger partial charge in [-0.25, -0.2) is 0 Å². The molecule has 2 nitrogen and oxygen atoms in total. The molecule has 0 aliphatic heterocycles. The van der Waals surface area contributed by atoms with E-state index in [4.69, 9.17) is 0 Å². The zero-order valence-corrected chi connectivity index (χ0v) is 19.3. The zero-order chi connectivity index (χ0) is 19.9. The summed E-state index contributed by atoms with van der Waals surface area (Å²) in [4.78, 5) is 0. The molecule has 8 unspecified atom stereocenters. The number of aliphatic hydroxyl groups is 2. The molecular formula is C23H44O2S. The summed E-state index contributed by atoms with van der Waals surface area (Å²) in [6.07, 6.45) is 4.96. The number of aliphatic hydroxyl groups excluding tert-OH is 2. The summed E-state index contributed by atoms with van der Waals surface area (Å²) >= 11 is 2.19. The number of thioether (sulfide) groups is 1. The Bertz CT molecular complexity index is 450. The minimum Gasteiger partial charge on any atom is -0.393 e. The van der Waals surface area contributed by atoms with Crippen molar-refractivity contribution in [2.75, 3.05) is 0 Å². The lowest BCUT2D eigenvalue weighted by Crippen LogP contribution is -2.43. The molecule has 0 amide bonds. The van der Waals surface area contributed by atoms with Gasteiger partial charge in [0, 0.05) is 10.5 Å². The Labute approximate surface area is 166 Å². The lowest BCUT2D eigenvalue weighted by Gasteiger charge is -2.45. The van der Waals surface area contributed by atoms with E-state index in [-0.39, 0.29) is 23.0 Å². The van der Waals surface area contributed by atoms with Crippen LogP contribution in [-0.4, -0.2) is 32.9 Å². The van der Waals surface area contributed by atoms with E-state index in [1.807, 2.05) is 0 Å². The van der Waals surface area contributed by atoms with Crippen molar-refractivity contribution >= 4 is 11.8 Å². The van der Waals surface area contributed by atoms with E-state index in [0.717, 1.165) is 32.1 Å². The minimum atomic E-state index is -0.157.